The van der Waals surface area contributed by atoms with Crippen LogP contribution in [0, 0.1) is 24.0 Å². The van der Waals surface area contributed by atoms with E-state index in [4.69, 9.17) is 9.47 Å². The number of aryl methyl sites for hydroxylation is 1. The number of nitro benzene ring substituents is 1. The maximum absolute atomic E-state index is 12.7. The highest BCUT2D eigenvalue weighted by Crippen LogP contribution is 2.39. The molecule has 1 amide bonds. The van der Waals surface area contributed by atoms with Crippen LogP contribution in [0.1, 0.15) is 49.8 Å². The van der Waals surface area contributed by atoms with Gasteiger partial charge in [0, 0.05) is 17.0 Å². The van der Waals surface area contributed by atoms with Crippen molar-refractivity contribution >= 4 is 33.9 Å². The Morgan fingerprint density at radius 3 is 2.52 bits per heavy atom. The zero-order valence-corrected chi connectivity index (χ0v) is 18.9. The number of esters is 1. The lowest BCUT2D eigenvalue weighted by molar-refractivity contribution is -0.384. The number of hydrogen-bond acceptors (Lipinski definition) is 8. The number of benzene rings is 2. The molecular weight excluding hydrogens is 446 g/mol. The summed E-state index contributed by atoms with van der Waals surface area (Å²) in [5.41, 5.74) is 2.40. The van der Waals surface area contributed by atoms with Crippen LogP contribution in [0.3, 0.4) is 0 Å². The van der Waals surface area contributed by atoms with Crippen molar-refractivity contribution in [3.8, 4) is 11.5 Å². The molecule has 4 rings (SSSR count). The summed E-state index contributed by atoms with van der Waals surface area (Å²) in [6, 6.07) is 10.2. The Morgan fingerprint density at radius 2 is 1.85 bits per heavy atom. The van der Waals surface area contributed by atoms with E-state index in [9.17, 15) is 19.7 Å². The molecule has 1 aliphatic heterocycles. The van der Waals surface area contributed by atoms with E-state index in [-0.39, 0.29) is 22.9 Å². The summed E-state index contributed by atoms with van der Waals surface area (Å²) in [6.07, 6.45) is -0.471. The number of carbonyl (C=O) groups excluding carboxylic acids is 2. The molecule has 2 aromatic carbocycles. The van der Waals surface area contributed by atoms with Crippen molar-refractivity contribution < 1.29 is 24.0 Å². The van der Waals surface area contributed by atoms with Gasteiger partial charge in [0.15, 0.2) is 11.5 Å². The second-order valence-corrected chi connectivity index (χ2v) is 8.60. The van der Waals surface area contributed by atoms with Gasteiger partial charge < -0.3 is 20.1 Å². The van der Waals surface area contributed by atoms with Gasteiger partial charge in [-0.15, -0.1) is 11.3 Å². The van der Waals surface area contributed by atoms with Crippen LogP contribution in [0.25, 0.3) is 0 Å². The zero-order chi connectivity index (χ0) is 23.7. The summed E-state index contributed by atoms with van der Waals surface area (Å²) in [5, 5.41) is 17.9. The number of thiophene rings is 1. The minimum Gasteiger partial charge on any atom is -0.490 e. The molecule has 0 bridgehead atoms. The number of amides is 1. The van der Waals surface area contributed by atoms with Gasteiger partial charge >= 0.3 is 5.97 Å². The molecule has 2 N–H and O–H groups in total. The van der Waals surface area contributed by atoms with Gasteiger partial charge in [0.1, 0.15) is 11.2 Å². The third-order valence-corrected chi connectivity index (χ3v) is 6.42. The lowest BCUT2D eigenvalue weighted by Gasteiger charge is -2.27. The van der Waals surface area contributed by atoms with Crippen LogP contribution in [-0.2, 0) is 0 Å². The summed E-state index contributed by atoms with van der Waals surface area (Å²) in [7, 11) is 0. The normalized spacial score (nSPS) is 14.6. The van der Waals surface area contributed by atoms with Crippen molar-refractivity contribution in [2.45, 2.75) is 26.9 Å². The predicted molar refractivity (Wildman–Crippen MR) is 123 cm³/mol. The van der Waals surface area contributed by atoms with Gasteiger partial charge in [0.2, 0.25) is 0 Å². The molecule has 170 valence electrons. The molecule has 3 aromatic rings. The van der Waals surface area contributed by atoms with Crippen LogP contribution >= 0.6 is 11.3 Å². The Morgan fingerprint density at radius 1 is 1.12 bits per heavy atom. The smallest absolute Gasteiger partial charge is 0.343 e. The fraction of sp³-hybridized carbons (Fsp3) is 0.217. The molecule has 0 saturated carbocycles. The quantitative estimate of drug-likeness (QED) is 0.232. The van der Waals surface area contributed by atoms with E-state index in [1.807, 2.05) is 13.8 Å². The Labute approximate surface area is 193 Å². The maximum atomic E-state index is 12.7. The number of carbonyl (C=O) groups is 2. The fourth-order valence-corrected chi connectivity index (χ4v) is 4.56. The molecule has 1 atom stereocenters. The second-order valence-electron chi connectivity index (χ2n) is 7.37. The first-order chi connectivity index (χ1) is 15.8. The van der Waals surface area contributed by atoms with E-state index in [1.54, 1.807) is 25.1 Å². The topological polar surface area (TPSA) is 120 Å². The number of nitrogens with one attached hydrogen (secondary N) is 2. The Bertz CT molecular complexity index is 1250. The van der Waals surface area contributed by atoms with Gasteiger partial charge in [0.05, 0.1) is 22.7 Å². The van der Waals surface area contributed by atoms with Crippen LogP contribution < -0.4 is 20.1 Å². The third-order valence-electron chi connectivity index (χ3n) is 5.28. The SMILES string of the molecule is CCOc1cc([C@@H]2NC(=O)c3c(sc(C)c3C)N2)ccc1OC(=O)c1ccc([N+](=O)[O-])cc1. The van der Waals surface area contributed by atoms with E-state index in [0.29, 0.717) is 17.9 Å². The first-order valence-corrected chi connectivity index (χ1v) is 11.0. The molecule has 1 aliphatic rings. The van der Waals surface area contributed by atoms with Crippen LogP contribution in [0.5, 0.6) is 11.5 Å². The highest BCUT2D eigenvalue weighted by Gasteiger charge is 2.29. The van der Waals surface area contributed by atoms with E-state index in [2.05, 4.69) is 10.6 Å². The number of rotatable bonds is 6. The summed E-state index contributed by atoms with van der Waals surface area (Å²) in [6.45, 7) is 6.04. The van der Waals surface area contributed by atoms with E-state index in [0.717, 1.165) is 21.0 Å². The molecule has 0 saturated heterocycles. The maximum Gasteiger partial charge on any atom is 0.343 e. The molecule has 0 spiro atoms. The number of nitro groups is 1. The molecule has 0 radical (unpaired) electrons. The van der Waals surface area contributed by atoms with Crippen molar-refractivity contribution in [2.24, 2.45) is 0 Å². The molecule has 0 aliphatic carbocycles. The molecular formula is C23H21N3O6S. The number of nitrogens with zero attached hydrogens (tertiary/aromatic N) is 1. The van der Waals surface area contributed by atoms with Gasteiger partial charge in [-0.2, -0.15) is 0 Å². The van der Waals surface area contributed by atoms with Gasteiger partial charge in [-0.25, -0.2) is 4.79 Å². The van der Waals surface area contributed by atoms with Crippen molar-refractivity contribution in [2.75, 3.05) is 11.9 Å². The first kappa shape index (κ1) is 22.3. The Hall–Kier alpha value is -3.92. The number of hydrogen-bond donors (Lipinski definition) is 2. The number of ether oxygens (including phenoxy) is 2. The average Bonchev–Trinajstić information content (AvgIpc) is 3.08. The van der Waals surface area contributed by atoms with Gasteiger partial charge in [-0.3, -0.25) is 14.9 Å². The highest BCUT2D eigenvalue weighted by atomic mass is 32.1. The number of anilines is 1. The summed E-state index contributed by atoms with van der Waals surface area (Å²) < 4.78 is 11.2. The van der Waals surface area contributed by atoms with E-state index >= 15 is 0 Å². The molecule has 9 nitrogen and oxygen atoms in total. The summed E-state index contributed by atoms with van der Waals surface area (Å²) in [5.74, 6) is -0.278. The van der Waals surface area contributed by atoms with Crippen LogP contribution in [0.4, 0.5) is 10.7 Å². The highest BCUT2D eigenvalue weighted by molar-refractivity contribution is 7.16. The summed E-state index contributed by atoms with van der Waals surface area (Å²) in [4.78, 5) is 36.5. The zero-order valence-electron chi connectivity index (χ0n) is 18.1. The van der Waals surface area contributed by atoms with Crippen molar-refractivity contribution in [1.82, 2.24) is 5.32 Å². The van der Waals surface area contributed by atoms with Crippen LogP contribution in [-0.4, -0.2) is 23.4 Å². The number of fused-ring (bicyclic) bond motifs is 1. The van der Waals surface area contributed by atoms with Gasteiger partial charge in [-0.1, -0.05) is 6.07 Å². The molecule has 0 unspecified atom stereocenters. The first-order valence-electron chi connectivity index (χ1n) is 10.2. The molecule has 2 heterocycles. The van der Waals surface area contributed by atoms with E-state index in [1.165, 1.54) is 35.6 Å². The summed E-state index contributed by atoms with van der Waals surface area (Å²) >= 11 is 1.53. The molecule has 1 aromatic heterocycles. The standard InChI is InChI=1S/C23H21N3O6S/c1-4-31-18-11-15(20-24-21(27)19-12(2)13(3)33-22(19)25-20)7-10-17(18)32-23(28)14-5-8-16(9-6-14)26(29)30/h5-11,20,25H,4H2,1-3H3,(H,24,27)/t20-/m1/s1. The molecule has 33 heavy (non-hydrogen) atoms. The second kappa shape index (κ2) is 8.91. The van der Waals surface area contributed by atoms with Crippen LogP contribution in [0.15, 0.2) is 42.5 Å². The van der Waals surface area contributed by atoms with E-state index < -0.39 is 17.1 Å². The molecule has 10 heteroatoms. The van der Waals surface area contributed by atoms with Crippen molar-refractivity contribution in [3.05, 3.63) is 79.7 Å². The average molecular weight is 468 g/mol. The largest absolute Gasteiger partial charge is 0.490 e. The van der Waals surface area contributed by atoms with Crippen molar-refractivity contribution in [3.63, 3.8) is 0 Å². The monoisotopic (exact) mass is 467 g/mol. The minimum absolute atomic E-state index is 0.118. The number of non-ortho nitro benzene ring substituents is 1. The minimum atomic E-state index is -0.670. The predicted octanol–water partition coefficient (Wildman–Crippen LogP) is 4.75. The van der Waals surface area contributed by atoms with Crippen LogP contribution in [0.2, 0.25) is 0 Å². The third kappa shape index (κ3) is 4.37. The molecule has 0 fully saturated rings. The fourth-order valence-electron chi connectivity index (χ4n) is 3.47. The lowest BCUT2D eigenvalue weighted by Crippen LogP contribution is -2.38. The lowest BCUT2D eigenvalue weighted by atomic mass is 10.1. The van der Waals surface area contributed by atoms with Gasteiger partial charge in [0.25, 0.3) is 11.6 Å². The Balaban J connectivity index is 1.57. The van der Waals surface area contributed by atoms with Crippen molar-refractivity contribution in [1.29, 1.82) is 0 Å². The Kier molecular flexibility index (Phi) is 6.01. The van der Waals surface area contributed by atoms with Gasteiger partial charge in [-0.05, 0) is 56.2 Å².